The summed E-state index contributed by atoms with van der Waals surface area (Å²) in [4.78, 5) is 21.3. The number of aromatic carboxylic acids is 1. The van der Waals surface area contributed by atoms with E-state index in [0.29, 0.717) is 5.56 Å². The van der Waals surface area contributed by atoms with Crippen LogP contribution >= 0.6 is 12.6 Å². The van der Waals surface area contributed by atoms with Gasteiger partial charge in [-0.1, -0.05) is 12.1 Å². The van der Waals surface area contributed by atoms with Gasteiger partial charge in [0.2, 0.25) is 0 Å². The average Bonchev–Trinajstić information content (AvgIpc) is 2.07. The summed E-state index contributed by atoms with van der Waals surface area (Å²) in [6, 6.07) is 4.43. The highest BCUT2D eigenvalue weighted by molar-refractivity contribution is 7.80. The zero-order chi connectivity index (χ0) is 10.7. The van der Waals surface area contributed by atoms with Crippen LogP contribution < -0.4 is 0 Å². The Balaban J connectivity index is 3.13. The van der Waals surface area contributed by atoms with Crippen LogP contribution in [0.15, 0.2) is 23.1 Å². The number of hydrogen-bond donors (Lipinski definition) is 3. The molecule has 1 rings (SSSR count). The van der Waals surface area contributed by atoms with Crippen molar-refractivity contribution in [2.75, 3.05) is 0 Å². The lowest BCUT2D eigenvalue weighted by Gasteiger charge is -2.04. The van der Waals surface area contributed by atoms with Gasteiger partial charge in [-0.3, -0.25) is 4.79 Å². The highest BCUT2D eigenvalue weighted by Gasteiger charge is 2.12. The lowest BCUT2D eigenvalue weighted by atomic mass is 10.1. The smallest absolute Gasteiger partial charge is 0.336 e. The molecule has 4 nitrogen and oxygen atoms in total. The fourth-order valence-corrected chi connectivity index (χ4v) is 1.39. The van der Waals surface area contributed by atoms with Crippen LogP contribution in [0, 0.1) is 0 Å². The molecule has 0 heterocycles. The monoisotopic (exact) mass is 212 g/mol. The van der Waals surface area contributed by atoms with Gasteiger partial charge in [-0.2, -0.15) is 0 Å². The molecule has 1 aromatic carbocycles. The Kier molecular flexibility index (Phi) is 3.14. The number of carboxylic acid groups (broad SMARTS) is 2. The second-order valence-electron chi connectivity index (χ2n) is 2.69. The molecule has 0 aliphatic rings. The maximum Gasteiger partial charge on any atom is 0.336 e. The van der Waals surface area contributed by atoms with Gasteiger partial charge in [0.15, 0.2) is 0 Å². The van der Waals surface area contributed by atoms with Crippen LogP contribution in [0.1, 0.15) is 15.9 Å². The zero-order valence-corrected chi connectivity index (χ0v) is 7.99. The molecule has 0 fully saturated rings. The molecular weight excluding hydrogens is 204 g/mol. The van der Waals surface area contributed by atoms with Crippen LogP contribution in [0.3, 0.4) is 0 Å². The lowest BCUT2D eigenvalue weighted by molar-refractivity contribution is -0.136. The van der Waals surface area contributed by atoms with Crippen molar-refractivity contribution in [3.05, 3.63) is 29.3 Å². The van der Waals surface area contributed by atoms with E-state index >= 15 is 0 Å². The Morgan fingerprint density at radius 2 is 1.93 bits per heavy atom. The van der Waals surface area contributed by atoms with E-state index < -0.39 is 11.9 Å². The maximum atomic E-state index is 10.7. The number of thiol groups is 1. The van der Waals surface area contributed by atoms with Gasteiger partial charge in [-0.25, -0.2) is 4.79 Å². The van der Waals surface area contributed by atoms with Gasteiger partial charge in [-0.15, -0.1) is 12.6 Å². The molecule has 0 amide bonds. The SMILES string of the molecule is O=C(O)Cc1cccc(C(=O)O)c1S. The number of benzene rings is 1. The Hall–Kier alpha value is -1.49. The van der Waals surface area contributed by atoms with Crippen molar-refractivity contribution in [2.45, 2.75) is 11.3 Å². The minimum absolute atomic E-state index is 0.0204. The summed E-state index contributed by atoms with van der Waals surface area (Å²) < 4.78 is 0. The second kappa shape index (κ2) is 4.15. The third-order valence-corrected chi connectivity index (χ3v) is 2.22. The second-order valence-corrected chi connectivity index (χ2v) is 3.14. The van der Waals surface area contributed by atoms with Gasteiger partial charge in [-0.05, 0) is 11.6 Å². The van der Waals surface area contributed by atoms with E-state index in [1.165, 1.54) is 12.1 Å². The van der Waals surface area contributed by atoms with Crippen LogP contribution in [0.2, 0.25) is 0 Å². The molecule has 0 aliphatic carbocycles. The summed E-state index contributed by atoms with van der Waals surface area (Å²) in [5, 5.41) is 17.3. The largest absolute Gasteiger partial charge is 0.481 e. The van der Waals surface area contributed by atoms with Crippen molar-refractivity contribution in [3.8, 4) is 0 Å². The van der Waals surface area contributed by atoms with E-state index in [4.69, 9.17) is 10.2 Å². The normalized spacial score (nSPS) is 9.79. The summed E-state index contributed by atoms with van der Waals surface area (Å²) >= 11 is 3.98. The van der Waals surface area contributed by atoms with E-state index in [9.17, 15) is 9.59 Å². The van der Waals surface area contributed by atoms with Crippen LogP contribution in [0.25, 0.3) is 0 Å². The molecule has 2 N–H and O–H groups in total. The van der Waals surface area contributed by atoms with E-state index in [-0.39, 0.29) is 16.9 Å². The first kappa shape index (κ1) is 10.6. The van der Waals surface area contributed by atoms with Gasteiger partial charge >= 0.3 is 11.9 Å². The fourth-order valence-electron chi connectivity index (χ4n) is 1.07. The van der Waals surface area contributed by atoms with Crippen molar-refractivity contribution >= 4 is 24.6 Å². The molecule has 0 aromatic heterocycles. The number of rotatable bonds is 3. The van der Waals surface area contributed by atoms with Crippen molar-refractivity contribution < 1.29 is 19.8 Å². The molecule has 14 heavy (non-hydrogen) atoms. The molecule has 0 unspecified atom stereocenters. The van der Waals surface area contributed by atoms with Gasteiger partial charge in [0.1, 0.15) is 0 Å². The van der Waals surface area contributed by atoms with E-state index in [1.807, 2.05) is 0 Å². The van der Waals surface area contributed by atoms with Crippen molar-refractivity contribution in [2.24, 2.45) is 0 Å². The summed E-state index contributed by atoms with van der Waals surface area (Å²) in [7, 11) is 0. The van der Waals surface area contributed by atoms with Crippen LogP contribution in [-0.2, 0) is 11.2 Å². The van der Waals surface area contributed by atoms with Crippen LogP contribution in [-0.4, -0.2) is 22.2 Å². The molecule has 1 aromatic rings. The van der Waals surface area contributed by atoms with E-state index in [0.717, 1.165) is 0 Å². The maximum absolute atomic E-state index is 10.7. The third-order valence-electron chi connectivity index (χ3n) is 1.69. The first-order valence-electron chi connectivity index (χ1n) is 3.78. The Morgan fingerprint density at radius 3 is 2.43 bits per heavy atom. The molecule has 0 saturated carbocycles. The number of hydrogen-bond acceptors (Lipinski definition) is 3. The summed E-state index contributed by atoms with van der Waals surface area (Å²) in [5.41, 5.74) is 0.424. The molecule has 0 saturated heterocycles. The number of carbonyl (C=O) groups is 2. The first-order chi connectivity index (χ1) is 6.52. The number of carboxylic acids is 2. The van der Waals surface area contributed by atoms with E-state index in [1.54, 1.807) is 6.07 Å². The Labute approximate surface area is 85.6 Å². The van der Waals surface area contributed by atoms with E-state index in [2.05, 4.69) is 12.6 Å². The molecule has 5 heteroatoms. The van der Waals surface area contributed by atoms with Crippen molar-refractivity contribution in [1.29, 1.82) is 0 Å². The summed E-state index contributed by atoms with van der Waals surface area (Å²) in [6.07, 6.45) is -0.222. The lowest BCUT2D eigenvalue weighted by Crippen LogP contribution is -2.05. The predicted molar refractivity (Wildman–Crippen MR) is 52.0 cm³/mol. The van der Waals surface area contributed by atoms with Gasteiger partial charge < -0.3 is 10.2 Å². The van der Waals surface area contributed by atoms with Crippen molar-refractivity contribution in [1.82, 2.24) is 0 Å². The highest BCUT2D eigenvalue weighted by Crippen LogP contribution is 2.19. The molecule has 0 radical (unpaired) electrons. The first-order valence-corrected chi connectivity index (χ1v) is 4.23. The molecule has 0 spiro atoms. The average molecular weight is 212 g/mol. The topological polar surface area (TPSA) is 74.6 Å². The predicted octanol–water partition coefficient (Wildman–Crippen LogP) is 1.30. The van der Waals surface area contributed by atoms with Crippen LogP contribution in [0.5, 0.6) is 0 Å². The Bertz CT molecular complexity index is 386. The minimum Gasteiger partial charge on any atom is -0.481 e. The minimum atomic E-state index is -1.11. The third kappa shape index (κ3) is 2.26. The van der Waals surface area contributed by atoms with Crippen LogP contribution in [0.4, 0.5) is 0 Å². The van der Waals surface area contributed by atoms with Gasteiger partial charge in [0.25, 0.3) is 0 Å². The summed E-state index contributed by atoms with van der Waals surface area (Å²) in [6.45, 7) is 0. The number of aliphatic carboxylic acids is 1. The quantitative estimate of drug-likeness (QED) is 0.660. The van der Waals surface area contributed by atoms with Gasteiger partial charge in [0, 0.05) is 4.90 Å². The van der Waals surface area contributed by atoms with Crippen molar-refractivity contribution in [3.63, 3.8) is 0 Å². The Morgan fingerprint density at radius 1 is 1.29 bits per heavy atom. The molecule has 0 aliphatic heterocycles. The highest BCUT2D eigenvalue weighted by atomic mass is 32.1. The van der Waals surface area contributed by atoms with Gasteiger partial charge in [0.05, 0.1) is 12.0 Å². The standard InChI is InChI=1S/C9H8O4S/c10-7(11)4-5-2-1-3-6(8(5)14)9(12)13/h1-3,14H,4H2,(H,10,11)(H,12,13). The zero-order valence-electron chi connectivity index (χ0n) is 7.10. The fraction of sp³-hybridized carbons (Fsp3) is 0.111. The molecule has 0 bridgehead atoms. The molecule has 0 atom stereocenters. The summed E-state index contributed by atoms with van der Waals surface area (Å²) in [5.74, 6) is -2.12. The molecular formula is C9H8O4S. The molecule has 74 valence electrons.